The molecule has 1 unspecified atom stereocenters. The number of hydrogen-bond donors (Lipinski definition) is 0. The highest BCUT2D eigenvalue weighted by Crippen LogP contribution is 2.59. The van der Waals surface area contributed by atoms with Gasteiger partial charge in [0.1, 0.15) is 5.75 Å². The summed E-state index contributed by atoms with van der Waals surface area (Å²) < 4.78 is 26.0. The lowest BCUT2D eigenvalue weighted by Gasteiger charge is -2.23. The van der Waals surface area contributed by atoms with E-state index in [1.165, 1.54) is 5.56 Å². The highest BCUT2D eigenvalue weighted by Gasteiger charge is 2.49. The van der Waals surface area contributed by atoms with Crippen LogP contribution in [0.25, 0.3) is 0 Å². The largest absolute Gasteiger partial charge is 0.461 e. The molecule has 0 aromatic heterocycles. The second-order valence-corrected chi connectivity index (χ2v) is 8.48. The number of fused-ring (bicyclic) bond motifs is 1. The summed E-state index contributed by atoms with van der Waals surface area (Å²) in [7, 11) is -3.13. The van der Waals surface area contributed by atoms with Crippen molar-refractivity contribution in [3.63, 3.8) is 0 Å². The van der Waals surface area contributed by atoms with Crippen LogP contribution < -0.4 is 4.52 Å². The molecule has 0 amide bonds. The van der Waals surface area contributed by atoms with Gasteiger partial charge in [-0.3, -0.25) is 4.52 Å². The molecule has 1 aromatic rings. The smallest absolute Gasteiger partial charge is 0.413 e. The lowest BCUT2D eigenvalue weighted by Crippen LogP contribution is -2.22. The van der Waals surface area contributed by atoms with Crippen molar-refractivity contribution in [2.45, 2.75) is 45.1 Å². The van der Waals surface area contributed by atoms with E-state index in [1.807, 2.05) is 22.9 Å². The van der Waals surface area contributed by atoms with Crippen LogP contribution in [0.2, 0.25) is 0 Å². The van der Waals surface area contributed by atoms with E-state index in [4.69, 9.17) is 9.05 Å². The summed E-state index contributed by atoms with van der Waals surface area (Å²) in [5.41, 5.74) is 1.21. The summed E-state index contributed by atoms with van der Waals surface area (Å²) in [6, 6.07) is 8.09. The first-order chi connectivity index (χ1) is 9.38. The molecule has 3 rings (SSSR count). The maximum absolute atomic E-state index is 12.8. The topological polar surface area (TPSA) is 38.8 Å². The fraction of sp³-hybridized carbons (Fsp3) is 0.600. The first-order valence-corrected chi connectivity index (χ1v) is 8.70. The van der Waals surface area contributed by atoms with Crippen molar-refractivity contribution in [2.75, 3.05) is 13.2 Å². The quantitative estimate of drug-likeness (QED) is 0.774. The monoisotopic (exact) mass is 295 g/mol. The number of hydrogen-bond acceptors (Lipinski definition) is 3. The molecule has 0 N–H and O–H groups in total. The van der Waals surface area contributed by atoms with Gasteiger partial charge in [0.2, 0.25) is 0 Å². The van der Waals surface area contributed by atoms with Crippen molar-refractivity contribution in [2.24, 2.45) is 0 Å². The summed E-state index contributed by atoms with van der Waals surface area (Å²) in [6.07, 6.45) is 2.12. The van der Waals surface area contributed by atoms with Crippen LogP contribution in [0.1, 0.15) is 39.2 Å². The van der Waals surface area contributed by atoms with Gasteiger partial charge in [0, 0.05) is 12.6 Å². The molecular formula is C15H22NO3P. The number of nitrogens with zero attached hydrogens (tertiary/aromatic N) is 1. The molecule has 2 aliphatic rings. The zero-order valence-electron chi connectivity index (χ0n) is 12.3. The van der Waals surface area contributed by atoms with Crippen LogP contribution in [-0.2, 0) is 14.5 Å². The molecule has 2 atom stereocenters. The molecule has 0 spiro atoms. The van der Waals surface area contributed by atoms with Crippen LogP contribution in [0, 0.1) is 0 Å². The normalized spacial score (nSPS) is 30.4. The van der Waals surface area contributed by atoms with Crippen LogP contribution in [0.15, 0.2) is 24.3 Å². The predicted molar refractivity (Wildman–Crippen MR) is 79.1 cm³/mol. The SMILES string of the molecule is CC(C)(C)c1cccc(OP2(=O)OC[C@@H]3CCCN32)c1. The fourth-order valence-electron chi connectivity index (χ4n) is 2.80. The Bertz CT molecular complexity index is 552. The van der Waals surface area contributed by atoms with Crippen molar-refractivity contribution < 1.29 is 13.6 Å². The molecule has 2 saturated heterocycles. The standard InChI is InChI=1S/C15H22NO3P/c1-15(2,3)12-6-4-8-14(10-12)19-20(17)16-9-5-7-13(16)11-18-20/h4,6,8,10,13H,5,7,9,11H2,1-3H3/t13-,20?/m0/s1. The van der Waals surface area contributed by atoms with Crippen LogP contribution in [0.3, 0.4) is 0 Å². The van der Waals surface area contributed by atoms with Crippen molar-refractivity contribution in [1.29, 1.82) is 0 Å². The van der Waals surface area contributed by atoms with E-state index in [2.05, 4.69) is 26.8 Å². The minimum Gasteiger partial charge on any atom is -0.413 e. The second kappa shape index (κ2) is 4.87. The van der Waals surface area contributed by atoms with E-state index in [0.29, 0.717) is 12.4 Å². The average Bonchev–Trinajstić information content (AvgIpc) is 2.94. The molecule has 2 heterocycles. The van der Waals surface area contributed by atoms with Gasteiger partial charge in [0.25, 0.3) is 0 Å². The highest BCUT2D eigenvalue weighted by molar-refractivity contribution is 7.52. The summed E-state index contributed by atoms with van der Waals surface area (Å²) in [5.74, 6) is 0.633. The van der Waals surface area contributed by atoms with Gasteiger partial charge in [-0.15, -0.1) is 0 Å². The number of benzene rings is 1. The van der Waals surface area contributed by atoms with Gasteiger partial charge >= 0.3 is 7.75 Å². The minimum absolute atomic E-state index is 0.0422. The Morgan fingerprint density at radius 2 is 2.20 bits per heavy atom. The van der Waals surface area contributed by atoms with E-state index in [9.17, 15) is 4.57 Å². The van der Waals surface area contributed by atoms with E-state index < -0.39 is 7.75 Å². The molecule has 4 nitrogen and oxygen atoms in total. The molecule has 0 saturated carbocycles. The Morgan fingerprint density at radius 3 is 2.95 bits per heavy atom. The third kappa shape index (κ3) is 2.52. The van der Waals surface area contributed by atoms with Crippen LogP contribution >= 0.6 is 7.75 Å². The molecule has 0 radical (unpaired) electrons. The maximum Gasteiger partial charge on any atom is 0.461 e. The van der Waals surface area contributed by atoms with Gasteiger partial charge in [-0.25, -0.2) is 4.57 Å². The Labute approximate surface area is 120 Å². The van der Waals surface area contributed by atoms with Gasteiger partial charge in [0.15, 0.2) is 0 Å². The predicted octanol–water partition coefficient (Wildman–Crippen LogP) is 3.97. The third-order valence-electron chi connectivity index (χ3n) is 4.01. The van der Waals surface area contributed by atoms with Crippen molar-refractivity contribution in [3.8, 4) is 5.75 Å². The lowest BCUT2D eigenvalue weighted by molar-refractivity contribution is 0.287. The van der Waals surface area contributed by atoms with Crippen LogP contribution in [0.4, 0.5) is 0 Å². The van der Waals surface area contributed by atoms with Crippen molar-refractivity contribution in [3.05, 3.63) is 29.8 Å². The highest BCUT2D eigenvalue weighted by atomic mass is 31.2. The zero-order valence-corrected chi connectivity index (χ0v) is 13.2. The third-order valence-corrected chi connectivity index (χ3v) is 6.08. The van der Waals surface area contributed by atoms with Crippen molar-refractivity contribution in [1.82, 2.24) is 4.67 Å². The molecule has 0 bridgehead atoms. The summed E-state index contributed by atoms with van der Waals surface area (Å²) in [4.78, 5) is 0. The van der Waals surface area contributed by atoms with Crippen LogP contribution in [-0.4, -0.2) is 23.9 Å². The van der Waals surface area contributed by atoms with Gasteiger partial charge in [-0.1, -0.05) is 32.9 Å². The maximum atomic E-state index is 12.8. The summed E-state index contributed by atoms with van der Waals surface area (Å²) >= 11 is 0. The molecule has 0 aliphatic carbocycles. The van der Waals surface area contributed by atoms with Crippen molar-refractivity contribution >= 4 is 7.75 Å². The second-order valence-electron chi connectivity index (χ2n) is 6.59. The Hall–Kier alpha value is -0.830. The Kier molecular flexibility index (Phi) is 3.44. The van der Waals surface area contributed by atoms with E-state index in [0.717, 1.165) is 19.4 Å². The molecule has 2 aliphatic heterocycles. The van der Waals surface area contributed by atoms with E-state index >= 15 is 0 Å². The Balaban J connectivity index is 1.83. The number of rotatable bonds is 2. The molecule has 110 valence electrons. The summed E-state index contributed by atoms with van der Waals surface area (Å²) in [6.45, 7) is 7.78. The molecule has 5 heteroatoms. The first-order valence-electron chi connectivity index (χ1n) is 7.20. The van der Waals surface area contributed by atoms with E-state index in [1.54, 1.807) is 0 Å². The van der Waals surface area contributed by atoms with Crippen LogP contribution in [0.5, 0.6) is 5.75 Å². The van der Waals surface area contributed by atoms with Gasteiger partial charge in [-0.05, 0) is 36.0 Å². The molecular weight excluding hydrogens is 273 g/mol. The van der Waals surface area contributed by atoms with Gasteiger partial charge in [0.05, 0.1) is 6.61 Å². The molecule has 1 aromatic carbocycles. The van der Waals surface area contributed by atoms with E-state index in [-0.39, 0.29) is 11.5 Å². The lowest BCUT2D eigenvalue weighted by atomic mass is 9.87. The Morgan fingerprint density at radius 1 is 1.40 bits per heavy atom. The molecule has 2 fully saturated rings. The van der Waals surface area contributed by atoms with Gasteiger partial charge < -0.3 is 4.52 Å². The first kappa shape index (κ1) is 14.1. The average molecular weight is 295 g/mol. The fourth-order valence-corrected chi connectivity index (χ4v) is 4.81. The minimum atomic E-state index is -3.13. The van der Waals surface area contributed by atoms with Gasteiger partial charge in [-0.2, -0.15) is 4.67 Å². The summed E-state index contributed by atoms with van der Waals surface area (Å²) in [5, 5.41) is 0. The zero-order chi connectivity index (χ0) is 14.4. The molecule has 20 heavy (non-hydrogen) atoms.